The molecular weight excluding hydrogens is 365 g/mol. The molecule has 1 amide bonds. The van der Waals surface area contributed by atoms with Gasteiger partial charge in [0, 0.05) is 32.0 Å². The highest BCUT2D eigenvalue weighted by molar-refractivity contribution is 5.95. The second-order valence-electron chi connectivity index (χ2n) is 6.23. The summed E-state index contributed by atoms with van der Waals surface area (Å²) in [5.41, 5.74) is 6.10. The average molecular weight is 394 g/mol. The molecule has 1 aromatic carbocycles. The lowest BCUT2D eigenvalue weighted by molar-refractivity contribution is -0.130. The maximum Gasteiger partial charge on any atom is 0.232 e. The van der Waals surface area contributed by atoms with Crippen molar-refractivity contribution >= 4 is 36.4 Å². The first-order chi connectivity index (χ1) is 11.1. The lowest BCUT2D eigenvalue weighted by Crippen LogP contribution is -2.46. The standard InChI is InChI=1S/C17H27N3O3.2ClH/c1-20(2)9-12-23-15-5-3-14(4-6-15)19-16(21)17(13-18)7-10-22-11-8-17;;/h3-6H,7-13,18H2,1-2H3,(H,19,21);2*1H. The molecule has 2 rings (SSSR count). The third-order valence-corrected chi connectivity index (χ3v) is 4.24. The lowest BCUT2D eigenvalue weighted by atomic mass is 9.79. The summed E-state index contributed by atoms with van der Waals surface area (Å²) in [7, 11) is 4.01. The van der Waals surface area contributed by atoms with Crippen LogP contribution >= 0.6 is 24.8 Å². The van der Waals surface area contributed by atoms with E-state index in [4.69, 9.17) is 15.2 Å². The molecule has 1 aliphatic rings. The zero-order chi connectivity index (χ0) is 16.7. The molecule has 1 fully saturated rings. The maximum absolute atomic E-state index is 12.6. The highest BCUT2D eigenvalue weighted by atomic mass is 35.5. The molecule has 0 radical (unpaired) electrons. The van der Waals surface area contributed by atoms with Crippen LogP contribution in [0.3, 0.4) is 0 Å². The van der Waals surface area contributed by atoms with Gasteiger partial charge in [-0.15, -0.1) is 24.8 Å². The minimum absolute atomic E-state index is 0. The summed E-state index contributed by atoms with van der Waals surface area (Å²) < 4.78 is 11.0. The van der Waals surface area contributed by atoms with E-state index in [1.807, 2.05) is 38.4 Å². The van der Waals surface area contributed by atoms with Gasteiger partial charge in [-0.25, -0.2) is 0 Å². The van der Waals surface area contributed by atoms with E-state index in [1.165, 1.54) is 0 Å². The van der Waals surface area contributed by atoms with Crippen molar-refractivity contribution in [3.63, 3.8) is 0 Å². The highest BCUT2D eigenvalue weighted by Gasteiger charge is 2.38. The average Bonchev–Trinajstić information content (AvgIpc) is 2.56. The number of nitrogens with one attached hydrogen (secondary N) is 1. The van der Waals surface area contributed by atoms with Gasteiger partial charge in [0.1, 0.15) is 12.4 Å². The molecule has 0 atom stereocenters. The number of nitrogens with zero attached hydrogens (tertiary/aromatic N) is 1. The third-order valence-electron chi connectivity index (χ3n) is 4.24. The number of halogens is 2. The maximum atomic E-state index is 12.6. The van der Waals surface area contributed by atoms with Crippen molar-refractivity contribution in [2.75, 3.05) is 52.3 Å². The Morgan fingerprint density at radius 3 is 2.36 bits per heavy atom. The molecule has 144 valence electrons. The van der Waals surface area contributed by atoms with Crippen LogP contribution in [-0.2, 0) is 9.53 Å². The molecule has 1 saturated heterocycles. The minimum Gasteiger partial charge on any atom is -0.492 e. The van der Waals surface area contributed by atoms with Crippen LogP contribution in [0.1, 0.15) is 12.8 Å². The van der Waals surface area contributed by atoms with Crippen LogP contribution in [0, 0.1) is 5.41 Å². The van der Waals surface area contributed by atoms with Crippen LogP contribution in [0.4, 0.5) is 5.69 Å². The second-order valence-corrected chi connectivity index (χ2v) is 6.23. The molecule has 3 N–H and O–H groups in total. The van der Waals surface area contributed by atoms with Gasteiger partial charge < -0.3 is 25.4 Å². The minimum atomic E-state index is -0.515. The molecule has 0 spiro atoms. The Balaban J connectivity index is 0.00000288. The van der Waals surface area contributed by atoms with Gasteiger partial charge in [0.05, 0.1) is 5.41 Å². The van der Waals surface area contributed by atoms with Crippen molar-refractivity contribution in [1.82, 2.24) is 4.90 Å². The molecule has 0 aliphatic carbocycles. The van der Waals surface area contributed by atoms with Gasteiger partial charge in [-0.1, -0.05) is 0 Å². The molecule has 1 heterocycles. The Hall–Kier alpha value is -1.05. The molecular formula is C17H29Cl2N3O3. The second kappa shape index (κ2) is 11.5. The van der Waals surface area contributed by atoms with Crippen LogP contribution in [0.2, 0.25) is 0 Å². The SMILES string of the molecule is CN(C)CCOc1ccc(NC(=O)C2(CN)CCOCC2)cc1.Cl.Cl. The normalized spacial score (nSPS) is 15.7. The van der Waals surface area contributed by atoms with E-state index in [0.29, 0.717) is 39.2 Å². The molecule has 6 nitrogen and oxygen atoms in total. The fourth-order valence-corrected chi connectivity index (χ4v) is 2.53. The molecule has 0 unspecified atom stereocenters. The number of anilines is 1. The fraction of sp³-hybridized carbons (Fsp3) is 0.588. The van der Waals surface area contributed by atoms with E-state index in [9.17, 15) is 4.79 Å². The summed E-state index contributed by atoms with van der Waals surface area (Å²) in [5.74, 6) is 0.772. The summed E-state index contributed by atoms with van der Waals surface area (Å²) in [6.45, 7) is 3.01. The summed E-state index contributed by atoms with van der Waals surface area (Å²) in [5, 5.41) is 2.97. The first-order valence-electron chi connectivity index (χ1n) is 8.03. The van der Waals surface area contributed by atoms with E-state index < -0.39 is 5.41 Å². The van der Waals surface area contributed by atoms with E-state index in [2.05, 4.69) is 10.2 Å². The third kappa shape index (κ3) is 6.99. The van der Waals surface area contributed by atoms with Crippen molar-refractivity contribution in [3.8, 4) is 5.75 Å². The number of ether oxygens (including phenoxy) is 2. The van der Waals surface area contributed by atoms with Gasteiger partial charge in [0.2, 0.25) is 5.91 Å². The number of hydrogen-bond donors (Lipinski definition) is 2. The summed E-state index contributed by atoms with van der Waals surface area (Å²) in [6.07, 6.45) is 1.34. The Kier molecular flexibility index (Phi) is 11.1. The number of carbonyl (C=O) groups excluding carboxylic acids is 1. The van der Waals surface area contributed by atoms with E-state index in [0.717, 1.165) is 18.0 Å². The fourth-order valence-electron chi connectivity index (χ4n) is 2.53. The summed E-state index contributed by atoms with van der Waals surface area (Å²) in [4.78, 5) is 14.6. The number of nitrogens with two attached hydrogens (primary N) is 1. The number of carbonyl (C=O) groups is 1. The Bertz CT molecular complexity index is 506. The van der Waals surface area contributed by atoms with Crippen molar-refractivity contribution in [3.05, 3.63) is 24.3 Å². The van der Waals surface area contributed by atoms with Crippen LogP contribution in [-0.4, -0.2) is 57.8 Å². The quantitative estimate of drug-likeness (QED) is 0.741. The largest absolute Gasteiger partial charge is 0.492 e. The molecule has 0 bridgehead atoms. The van der Waals surface area contributed by atoms with Gasteiger partial charge in [0.15, 0.2) is 0 Å². The first-order valence-corrected chi connectivity index (χ1v) is 8.03. The number of benzene rings is 1. The summed E-state index contributed by atoms with van der Waals surface area (Å²) >= 11 is 0. The molecule has 8 heteroatoms. The molecule has 0 saturated carbocycles. The van der Waals surface area contributed by atoms with Gasteiger partial charge in [-0.05, 0) is 51.2 Å². The van der Waals surface area contributed by atoms with Gasteiger partial charge in [-0.2, -0.15) is 0 Å². The monoisotopic (exact) mass is 393 g/mol. The van der Waals surface area contributed by atoms with Crippen LogP contribution in [0.15, 0.2) is 24.3 Å². The van der Waals surface area contributed by atoms with Gasteiger partial charge >= 0.3 is 0 Å². The van der Waals surface area contributed by atoms with Crippen LogP contribution in [0.5, 0.6) is 5.75 Å². The van der Waals surface area contributed by atoms with E-state index >= 15 is 0 Å². The molecule has 25 heavy (non-hydrogen) atoms. The topological polar surface area (TPSA) is 76.8 Å². The van der Waals surface area contributed by atoms with Crippen molar-refractivity contribution in [1.29, 1.82) is 0 Å². The van der Waals surface area contributed by atoms with Gasteiger partial charge in [0.25, 0.3) is 0 Å². The molecule has 1 aromatic rings. The van der Waals surface area contributed by atoms with Crippen molar-refractivity contribution in [2.45, 2.75) is 12.8 Å². The number of rotatable bonds is 7. The lowest BCUT2D eigenvalue weighted by Gasteiger charge is -2.34. The predicted octanol–water partition coefficient (Wildman–Crippen LogP) is 2.16. The molecule has 1 aliphatic heterocycles. The first kappa shape index (κ1) is 23.9. The Morgan fingerprint density at radius 1 is 1.24 bits per heavy atom. The van der Waals surface area contributed by atoms with Crippen molar-refractivity contribution < 1.29 is 14.3 Å². The zero-order valence-corrected chi connectivity index (χ0v) is 16.5. The summed E-state index contributed by atoms with van der Waals surface area (Å²) in [6, 6.07) is 7.44. The number of amides is 1. The Labute approximate surface area is 162 Å². The van der Waals surface area contributed by atoms with Crippen molar-refractivity contribution in [2.24, 2.45) is 11.1 Å². The zero-order valence-electron chi connectivity index (χ0n) is 14.8. The number of hydrogen-bond acceptors (Lipinski definition) is 5. The molecule has 0 aromatic heterocycles. The van der Waals surface area contributed by atoms with E-state index in [-0.39, 0.29) is 30.7 Å². The predicted molar refractivity (Wildman–Crippen MR) is 105 cm³/mol. The smallest absolute Gasteiger partial charge is 0.232 e. The highest BCUT2D eigenvalue weighted by Crippen LogP contribution is 2.31. The Morgan fingerprint density at radius 2 is 1.84 bits per heavy atom. The van der Waals surface area contributed by atoms with Crippen LogP contribution < -0.4 is 15.8 Å². The van der Waals surface area contributed by atoms with E-state index in [1.54, 1.807) is 0 Å². The number of likely N-dealkylation sites (N-methyl/N-ethyl adjacent to an activating group) is 1. The van der Waals surface area contributed by atoms with Crippen LogP contribution in [0.25, 0.3) is 0 Å². The van der Waals surface area contributed by atoms with Gasteiger partial charge in [-0.3, -0.25) is 4.79 Å².